The second-order valence-corrected chi connectivity index (χ2v) is 40.5. The van der Waals surface area contributed by atoms with Crippen molar-refractivity contribution in [2.24, 2.45) is 5.73 Å². The third-order valence-electron chi connectivity index (χ3n) is 27.4. The molecule has 0 radical (unpaired) electrons. The molecule has 13 atom stereocenters. The van der Waals surface area contributed by atoms with E-state index >= 15 is 0 Å². The highest BCUT2D eigenvalue weighted by atomic mass is 33.1. The van der Waals surface area contributed by atoms with Gasteiger partial charge in [-0.3, -0.25) is 67.7 Å². The van der Waals surface area contributed by atoms with Crippen molar-refractivity contribution in [2.75, 3.05) is 69.5 Å². The maximum atomic E-state index is 14.9. The number of aromatic hydroxyl groups is 2. The molecule has 9 amide bonds. The average Bonchev–Trinajstić information content (AvgIpc) is 1.64. The van der Waals surface area contributed by atoms with Gasteiger partial charge < -0.3 is 118 Å². The number of phenols is 2. The summed E-state index contributed by atoms with van der Waals surface area (Å²) in [7, 11) is 3.20. The second-order valence-electron chi connectivity index (χ2n) is 37.9. The summed E-state index contributed by atoms with van der Waals surface area (Å²) in [6.45, 7) is 8.69. The van der Waals surface area contributed by atoms with Gasteiger partial charge in [-0.15, -0.1) is 0 Å². The molecule has 20 N–H and O–H groups in total. The number of phenolic OH excluding ortho intramolecular Hbond substituents is 2. The fraction of sp³-hybridized carbons (Fsp3) is 0.404. The standard InChI is InChI=1S/C104H118N14O25S2/c1-54-30-32-56(33-31-54)44-66(100(138)139)113-97(135)69-53-145-144-52-68(94(132)108-49-80(124)109-63(25-18-40-107-101(105)106)95(133)112-65(45-81(125)126)96(134)114-67(50-119)99(137)118-41-19-26-72(118)98(136)115-69)111-79(123)39-43-117-71-37-35-58-21-14-16-23-60(58)88(71)103(5,6)76(117)29-12-10-8-9-11-28-75-102(3,4)87-59-22-15-13-20-57(59)34-36-70(87)116(75)42-38-78(122)110-64-46-82(142-55(2)89(64)127)143-74-48-104(140,77(121)51-120)47-62-84(74)93(131)86-85(91(62)129)90(128)61-24-17-27-73(141-7)83(61)92(86)130/h8-17,20-24,27-37,55,63-69,72,74,82,89,119-120,127,140H,18-19,25-26,38-53H2,1-7H3,(H15-,105,106,107,108,109,110,111,112,113,114,115,122,123,124,125,126,128,129,130,131,132,133,134,135,136,138,139)/p+1/t55-,63-,64-,65-,66-,67-,68+,69-,72-,74-,82-,89+,104-/m0/s1. The van der Waals surface area contributed by atoms with Gasteiger partial charge in [0.15, 0.2) is 36.1 Å². The molecular formula is C104H119N14O25S2+. The maximum Gasteiger partial charge on any atom is 0.326 e. The average molecular weight is 2030 g/mol. The number of ketones is 3. The zero-order valence-electron chi connectivity index (χ0n) is 80.8. The first-order valence-corrected chi connectivity index (χ1v) is 50.2. The van der Waals surface area contributed by atoms with E-state index in [0.29, 0.717) is 5.56 Å². The number of fused-ring (bicyclic) bond motifs is 10. The molecule has 0 saturated carbocycles. The Kier molecular flexibility index (Phi) is 33.7. The van der Waals surface area contributed by atoms with Crippen molar-refractivity contribution in [1.29, 1.82) is 5.41 Å². The molecule has 0 aromatic heterocycles. The number of guanidine groups is 1. The Morgan fingerprint density at radius 2 is 1.40 bits per heavy atom. The molecule has 7 aromatic carbocycles. The number of nitrogens with two attached hydrogens (primary N) is 1. The normalized spacial score (nSPS) is 24.0. The number of methoxy groups -OCH3 is 1. The lowest BCUT2D eigenvalue weighted by Gasteiger charge is -2.43. The summed E-state index contributed by atoms with van der Waals surface area (Å²) in [5.41, 5.74) is 6.33. The molecule has 7 aromatic rings. The molecule has 14 rings (SSSR count). The van der Waals surface area contributed by atoms with Crippen LogP contribution in [0.3, 0.4) is 0 Å². The lowest BCUT2D eigenvalue weighted by molar-refractivity contribution is -0.436. The third kappa shape index (κ3) is 23.4. The van der Waals surface area contributed by atoms with Crippen molar-refractivity contribution in [3.05, 3.63) is 219 Å². The van der Waals surface area contributed by atoms with Gasteiger partial charge in [0.1, 0.15) is 77.9 Å². The van der Waals surface area contributed by atoms with Crippen LogP contribution in [0.5, 0.6) is 17.2 Å². The van der Waals surface area contributed by atoms with Gasteiger partial charge in [-0.1, -0.05) is 162 Å². The van der Waals surface area contributed by atoms with Gasteiger partial charge in [0, 0.05) is 114 Å². The van der Waals surface area contributed by atoms with Crippen LogP contribution in [0.2, 0.25) is 0 Å². The first-order valence-electron chi connectivity index (χ1n) is 47.7. The van der Waals surface area contributed by atoms with E-state index in [1.54, 1.807) is 24.3 Å². The summed E-state index contributed by atoms with van der Waals surface area (Å²) in [5.74, 6) is -16.6. The number of carboxylic acids is 2. The number of aryl methyl sites for hydroxylation is 1. The Labute approximate surface area is 842 Å². The van der Waals surface area contributed by atoms with Crippen LogP contribution in [0, 0.1) is 12.3 Å². The fourth-order valence-electron chi connectivity index (χ4n) is 20.1. The topological polar surface area (TPSA) is 596 Å². The van der Waals surface area contributed by atoms with Crippen LogP contribution in [0.4, 0.5) is 11.4 Å². The lowest BCUT2D eigenvalue weighted by Crippen LogP contribution is -2.60. The van der Waals surface area contributed by atoms with Gasteiger partial charge in [0.05, 0.1) is 73.5 Å². The number of anilines is 1. The Morgan fingerprint density at radius 1 is 0.731 bits per heavy atom. The first kappa shape index (κ1) is 107. The predicted molar refractivity (Wildman–Crippen MR) is 537 cm³/mol. The number of aliphatic carboxylic acids is 2. The summed E-state index contributed by atoms with van der Waals surface area (Å²) in [4.78, 5) is 200. The van der Waals surface area contributed by atoms with Crippen LogP contribution in [-0.4, -0.2) is 281 Å². The van der Waals surface area contributed by atoms with Crippen molar-refractivity contribution in [2.45, 2.75) is 202 Å². The smallest absolute Gasteiger partial charge is 0.326 e. The molecule has 2 aliphatic carbocycles. The summed E-state index contributed by atoms with van der Waals surface area (Å²) in [6, 6.07) is 22.7. The molecule has 39 nitrogen and oxygen atoms in total. The quantitative estimate of drug-likeness (QED) is 0.00585. The summed E-state index contributed by atoms with van der Waals surface area (Å²) in [5, 5.41) is 124. The molecule has 0 unspecified atom stereocenters. The molecule has 3 saturated heterocycles. The van der Waals surface area contributed by atoms with Gasteiger partial charge in [-0.05, 0) is 110 Å². The van der Waals surface area contributed by atoms with Crippen LogP contribution in [0.15, 0.2) is 163 Å². The molecule has 0 bridgehead atoms. The minimum Gasteiger partial charge on any atom is -0.507 e. The Balaban J connectivity index is 0.700. The zero-order valence-corrected chi connectivity index (χ0v) is 82.5. The van der Waals surface area contributed by atoms with Gasteiger partial charge >= 0.3 is 11.9 Å². The molecule has 3 fully saturated rings. The highest BCUT2D eigenvalue weighted by Gasteiger charge is 2.53. The largest absolute Gasteiger partial charge is 0.507 e. The van der Waals surface area contributed by atoms with E-state index in [4.69, 9.17) is 25.4 Å². The number of allylic oxidation sites excluding steroid dienone is 8. The van der Waals surface area contributed by atoms with Gasteiger partial charge in [-0.2, -0.15) is 4.58 Å². The lowest BCUT2D eigenvalue weighted by atomic mass is 9.72. The molecule has 7 aliphatic rings. The predicted octanol–water partition coefficient (Wildman–Crippen LogP) is 4.45. The summed E-state index contributed by atoms with van der Waals surface area (Å²) >= 11 is 0. The number of rotatable bonds is 29. The number of aliphatic hydroxyl groups is 4. The van der Waals surface area contributed by atoms with Crippen molar-refractivity contribution in [3.8, 4) is 17.2 Å². The van der Waals surface area contributed by atoms with E-state index < -0.39 is 239 Å². The van der Waals surface area contributed by atoms with Gasteiger partial charge in [0.25, 0.3) is 0 Å². The minimum absolute atomic E-state index is 0.00354. The van der Waals surface area contributed by atoms with E-state index in [-0.39, 0.29) is 117 Å². The van der Waals surface area contributed by atoms with Gasteiger partial charge in [-0.25, -0.2) is 4.79 Å². The molecule has 5 aliphatic heterocycles. The highest BCUT2D eigenvalue weighted by molar-refractivity contribution is 8.76. The molecule has 41 heteroatoms. The molecule has 145 heavy (non-hydrogen) atoms. The number of hydrogen-bond donors (Lipinski definition) is 19. The molecule has 5 heterocycles. The first-order chi connectivity index (χ1) is 69.2. The Bertz CT molecular complexity index is 6480. The van der Waals surface area contributed by atoms with Crippen LogP contribution in [0.1, 0.15) is 164 Å². The number of aliphatic hydroxyl groups excluding tert-OH is 3. The number of nitrogens with one attached hydrogen (secondary N) is 10. The van der Waals surface area contributed by atoms with Crippen molar-refractivity contribution in [1.82, 2.24) is 52.8 Å². The van der Waals surface area contributed by atoms with Crippen molar-refractivity contribution < 1.29 is 127 Å². The SMILES string of the molecule is COc1cccc2c1C(=O)c1c(O)c3c(c(O)c1C2=O)C[C@@](O)(C(=O)CO)C[C@@H]3O[C@H]1C[C@H](NC(=O)CC[N+]2=C(/C=C/C=C/C=C/C=C3/N(CCC(=O)N[C@@H]4CSSC[C@@H](C(=O)N[C@@H](Cc5ccc(C)cc5)C(=O)O)NC(=O)[C@@H]5CCCN5C(=O)[C@H](CO)NC(=O)[C@H](CC(=O)O)NC(=O)[C@H](CCCNC(=N)N)NC(=O)CNC4=O)c4ccc5ccccc5c4C3(C)C)C(C)(C)c3c2ccc2ccccc32)[C@H](O)[C@H](C)O1. The summed E-state index contributed by atoms with van der Waals surface area (Å²) < 4.78 is 20.2. The molecule has 766 valence electrons. The van der Waals surface area contributed by atoms with E-state index in [2.05, 4.69) is 80.1 Å². The van der Waals surface area contributed by atoms with Crippen molar-refractivity contribution in [3.63, 3.8) is 0 Å². The van der Waals surface area contributed by atoms with E-state index in [9.17, 15) is 108 Å². The molecule has 0 spiro atoms. The monoisotopic (exact) mass is 2030 g/mol. The number of nitrogens with zero attached hydrogens (tertiary/aromatic N) is 3. The second kappa shape index (κ2) is 45.8. The number of hydrogen-bond acceptors (Lipinski definition) is 27. The maximum absolute atomic E-state index is 14.9. The summed E-state index contributed by atoms with van der Waals surface area (Å²) in [6.07, 6.45) is 4.70. The van der Waals surface area contributed by atoms with E-state index in [1.807, 2.05) is 127 Å². The number of carboxylic acid groups (broad SMARTS) is 2. The fourth-order valence-corrected chi connectivity index (χ4v) is 22.4. The third-order valence-corrected chi connectivity index (χ3v) is 29.8. The van der Waals surface area contributed by atoms with E-state index in [0.717, 1.165) is 87.5 Å². The molecular weight excluding hydrogens is 1910 g/mol. The Morgan fingerprint density at radius 3 is 2.10 bits per heavy atom. The Hall–Kier alpha value is -14.2. The zero-order chi connectivity index (χ0) is 104. The number of Topliss-reactive ketones (excluding diaryl/α,β-unsaturated/α-hetero) is 1. The number of carbonyl (C=O) groups excluding carboxylic acids is 12. The van der Waals surface area contributed by atoms with Crippen LogP contribution < -0.4 is 63.2 Å². The van der Waals surface area contributed by atoms with Crippen LogP contribution >= 0.6 is 21.6 Å². The number of benzene rings is 7. The minimum atomic E-state index is -2.45. The van der Waals surface area contributed by atoms with E-state index in [1.165, 1.54) is 32.2 Å². The van der Waals surface area contributed by atoms with Crippen molar-refractivity contribution >= 4 is 149 Å². The highest BCUT2D eigenvalue weighted by Crippen LogP contribution is 2.55. The number of ether oxygens (including phenoxy) is 3. The van der Waals surface area contributed by atoms with Crippen LogP contribution in [-0.2, 0) is 90.7 Å². The number of amides is 9. The number of carbonyl (C=O) groups is 14. The van der Waals surface area contributed by atoms with Gasteiger partial charge in [0.2, 0.25) is 64.6 Å². The van der Waals surface area contributed by atoms with Crippen LogP contribution in [0.25, 0.3) is 21.5 Å².